The maximum absolute atomic E-state index is 12.7. The number of aromatic nitrogens is 2. The fourth-order valence-electron chi connectivity index (χ4n) is 1.23. The molecule has 0 atom stereocenters. The van der Waals surface area contributed by atoms with Gasteiger partial charge in [0.2, 0.25) is 5.88 Å². The Balaban J connectivity index is 2.00. The van der Waals surface area contributed by atoms with E-state index >= 15 is 0 Å². The van der Waals surface area contributed by atoms with Crippen molar-refractivity contribution in [2.45, 2.75) is 0 Å². The highest BCUT2D eigenvalue weighted by molar-refractivity contribution is 5.79. The van der Waals surface area contributed by atoms with Crippen LogP contribution in [0.5, 0.6) is 5.88 Å². The molecule has 18 heavy (non-hydrogen) atoms. The smallest absolute Gasteiger partial charge is 0.218 e. The molecule has 0 saturated carbocycles. The van der Waals surface area contributed by atoms with Crippen molar-refractivity contribution in [1.29, 1.82) is 0 Å². The van der Waals surface area contributed by atoms with Crippen molar-refractivity contribution >= 4 is 12.0 Å². The van der Waals surface area contributed by atoms with Crippen LogP contribution in [-0.2, 0) is 0 Å². The Kier molecular flexibility index (Phi) is 3.80. The lowest BCUT2D eigenvalue weighted by atomic mass is 10.2. The first kappa shape index (κ1) is 12.0. The van der Waals surface area contributed by atoms with Gasteiger partial charge in [-0.1, -0.05) is 12.1 Å². The van der Waals surface area contributed by atoms with Crippen LogP contribution in [0.3, 0.4) is 0 Å². The highest BCUT2D eigenvalue weighted by Crippen LogP contribution is 2.09. The van der Waals surface area contributed by atoms with E-state index in [0.29, 0.717) is 11.7 Å². The Morgan fingerprint density at radius 2 is 2.06 bits per heavy atom. The Morgan fingerprint density at radius 1 is 1.28 bits per heavy atom. The molecule has 0 unspecified atom stereocenters. The van der Waals surface area contributed by atoms with E-state index in [0.717, 1.165) is 5.56 Å². The first-order valence-electron chi connectivity index (χ1n) is 5.18. The summed E-state index contributed by atoms with van der Waals surface area (Å²) in [6.45, 7) is 0. The number of anilines is 1. The van der Waals surface area contributed by atoms with Crippen molar-refractivity contribution in [2.24, 2.45) is 5.10 Å². The van der Waals surface area contributed by atoms with Gasteiger partial charge in [-0.3, -0.25) is 5.43 Å². The number of hydrogen-bond acceptors (Lipinski definition) is 5. The van der Waals surface area contributed by atoms with Crippen LogP contribution in [0.25, 0.3) is 0 Å². The zero-order chi connectivity index (χ0) is 12.8. The van der Waals surface area contributed by atoms with Crippen molar-refractivity contribution in [3.63, 3.8) is 0 Å². The molecule has 0 fully saturated rings. The molecule has 0 saturated heterocycles. The van der Waals surface area contributed by atoms with Gasteiger partial charge in [0.25, 0.3) is 0 Å². The fourth-order valence-corrected chi connectivity index (χ4v) is 1.23. The van der Waals surface area contributed by atoms with E-state index in [1.54, 1.807) is 24.4 Å². The lowest BCUT2D eigenvalue weighted by Gasteiger charge is -2.01. The Bertz CT molecular complexity index is 542. The van der Waals surface area contributed by atoms with E-state index in [9.17, 15) is 4.39 Å². The monoisotopic (exact) mass is 246 g/mol. The minimum atomic E-state index is -0.277. The second kappa shape index (κ2) is 5.72. The average Bonchev–Trinajstić information content (AvgIpc) is 2.41. The van der Waals surface area contributed by atoms with Gasteiger partial charge >= 0.3 is 0 Å². The Hall–Kier alpha value is -2.50. The van der Waals surface area contributed by atoms with Crippen LogP contribution >= 0.6 is 0 Å². The molecule has 0 aliphatic heterocycles. The van der Waals surface area contributed by atoms with Crippen molar-refractivity contribution in [3.05, 3.63) is 48.0 Å². The van der Waals surface area contributed by atoms with E-state index in [2.05, 4.69) is 20.5 Å². The van der Waals surface area contributed by atoms with E-state index in [4.69, 9.17) is 4.74 Å². The summed E-state index contributed by atoms with van der Waals surface area (Å²) in [5.41, 5.74) is 3.51. The molecule has 0 aliphatic carbocycles. The fraction of sp³-hybridized carbons (Fsp3) is 0.0833. The topological polar surface area (TPSA) is 59.4 Å². The molecule has 0 radical (unpaired) electrons. The molecule has 5 nitrogen and oxygen atoms in total. The summed E-state index contributed by atoms with van der Waals surface area (Å²) in [5.74, 6) is 0.685. The molecule has 2 rings (SSSR count). The molecule has 0 aliphatic rings. The molecular weight excluding hydrogens is 235 g/mol. The minimum absolute atomic E-state index is 0.277. The normalized spacial score (nSPS) is 10.6. The zero-order valence-electron chi connectivity index (χ0n) is 9.67. The van der Waals surface area contributed by atoms with E-state index < -0.39 is 0 Å². The molecule has 1 aromatic carbocycles. The number of benzene rings is 1. The van der Waals surface area contributed by atoms with Gasteiger partial charge < -0.3 is 4.74 Å². The van der Waals surface area contributed by atoms with Crippen LogP contribution in [0.15, 0.2) is 41.8 Å². The molecule has 0 spiro atoms. The highest BCUT2D eigenvalue weighted by Gasteiger charge is 1.96. The molecule has 0 bridgehead atoms. The minimum Gasteiger partial charge on any atom is -0.481 e. The van der Waals surface area contributed by atoms with E-state index in [-0.39, 0.29) is 5.82 Å². The number of hydrogen-bond donors (Lipinski definition) is 1. The van der Waals surface area contributed by atoms with Gasteiger partial charge in [0.15, 0.2) is 5.82 Å². The summed E-state index contributed by atoms with van der Waals surface area (Å²) < 4.78 is 17.6. The molecule has 1 aromatic heterocycles. The summed E-state index contributed by atoms with van der Waals surface area (Å²) in [6, 6.07) is 7.61. The van der Waals surface area contributed by atoms with Gasteiger partial charge in [-0.25, -0.2) is 14.4 Å². The van der Waals surface area contributed by atoms with Gasteiger partial charge in [0.1, 0.15) is 12.1 Å². The van der Waals surface area contributed by atoms with Crippen LogP contribution < -0.4 is 10.2 Å². The first-order chi connectivity index (χ1) is 8.78. The zero-order valence-corrected chi connectivity index (χ0v) is 9.67. The van der Waals surface area contributed by atoms with E-state index in [1.165, 1.54) is 25.6 Å². The summed E-state index contributed by atoms with van der Waals surface area (Å²) in [5, 5.41) is 3.97. The van der Waals surface area contributed by atoms with Crippen LogP contribution in [0.4, 0.5) is 10.2 Å². The summed E-state index contributed by atoms with van der Waals surface area (Å²) in [4.78, 5) is 7.82. The maximum Gasteiger partial charge on any atom is 0.218 e. The third kappa shape index (κ3) is 3.24. The van der Waals surface area contributed by atoms with Crippen molar-refractivity contribution in [1.82, 2.24) is 9.97 Å². The number of ether oxygens (including phenoxy) is 1. The van der Waals surface area contributed by atoms with Crippen LogP contribution in [0, 0.1) is 5.82 Å². The lowest BCUT2D eigenvalue weighted by molar-refractivity contribution is 0.397. The number of halogens is 1. The molecule has 1 N–H and O–H groups in total. The van der Waals surface area contributed by atoms with Crippen LogP contribution in [0.2, 0.25) is 0 Å². The third-order valence-electron chi connectivity index (χ3n) is 2.11. The van der Waals surface area contributed by atoms with Crippen molar-refractivity contribution < 1.29 is 9.13 Å². The molecule has 92 valence electrons. The second-order valence-electron chi connectivity index (χ2n) is 3.37. The Labute approximate surface area is 103 Å². The van der Waals surface area contributed by atoms with Gasteiger partial charge in [-0.15, -0.1) is 0 Å². The summed E-state index contributed by atoms with van der Waals surface area (Å²) >= 11 is 0. The van der Waals surface area contributed by atoms with Gasteiger partial charge in [-0.05, 0) is 17.7 Å². The SMILES string of the molecule is COc1cc(N/N=C/c2ccc(F)cc2)ncn1. The van der Waals surface area contributed by atoms with Gasteiger partial charge in [0, 0.05) is 6.07 Å². The van der Waals surface area contributed by atoms with Gasteiger partial charge in [0.05, 0.1) is 13.3 Å². The summed E-state index contributed by atoms with van der Waals surface area (Å²) in [6.07, 6.45) is 2.93. The van der Waals surface area contributed by atoms with Crippen LogP contribution in [-0.4, -0.2) is 23.3 Å². The van der Waals surface area contributed by atoms with E-state index in [1.807, 2.05) is 0 Å². The number of nitrogens with zero attached hydrogens (tertiary/aromatic N) is 3. The average molecular weight is 246 g/mol. The molecule has 1 heterocycles. The molecule has 0 amide bonds. The predicted molar refractivity (Wildman–Crippen MR) is 66.2 cm³/mol. The van der Waals surface area contributed by atoms with Crippen LogP contribution in [0.1, 0.15) is 5.56 Å². The number of methoxy groups -OCH3 is 1. The largest absolute Gasteiger partial charge is 0.481 e. The van der Waals surface area contributed by atoms with Crippen molar-refractivity contribution in [2.75, 3.05) is 12.5 Å². The number of nitrogens with one attached hydrogen (secondary N) is 1. The Morgan fingerprint density at radius 3 is 2.78 bits per heavy atom. The quantitative estimate of drug-likeness (QED) is 0.662. The maximum atomic E-state index is 12.7. The standard InChI is InChI=1S/C12H11FN4O/c1-18-12-6-11(14-8-15-12)17-16-7-9-2-4-10(13)5-3-9/h2-8H,1H3,(H,14,15,17)/b16-7+. The molecule has 2 aromatic rings. The second-order valence-corrected chi connectivity index (χ2v) is 3.37. The number of rotatable bonds is 4. The van der Waals surface area contributed by atoms with Gasteiger partial charge in [-0.2, -0.15) is 5.10 Å². The highest BCUT2D eigenvalue weighted by atomic mass is 19.1. The molecular formula is C12H11FN4O. The lowest BCUT2D eigenvalue weighted by Crippen LogP contribution is -1.96. The summed E-state index contributed by atoms with van der Waals surface area (Å²) in [7, 11) is 1.52. The third-order valence-corrected chi connectivity index (χ3v) is 2.11. The van der Waals surface area contributed by atoms with Crippen molar-refractivity contribution in [3.8, 4) is 5.88 Å². The number of hydrazone groups is 1. The predicted octanol–water partition coefficient (Wildman–Crippen LogP) is 2.07. The molecule has 6 heteroatoms. The first-order valence-corrected chi connectivity index (χ1v) is 5.18.